The van der Waals surface area contributed by atoms with Gasteiger partial charge in [0.05, 0.1) is 0 Å². The first-order chi connectivity index (χ1) is 11.3. The molecule has 4 heteroatoms. The van der Waals surface area contributed by atoms with Crippen molar-refractivity contribution in [3.05, 3.63) is 0 Å². The Labute approximate surface area is 141 Å². The molecule has 0 aromatic heterocycles. The zero-order chi connectivity index (χ0) is 16.0. The Kier molecular flexibility index (Phi) is 6.35. The number of carbonyl (C=O) groups is 1. The molecule has 3 aliphatic rings. The quantitative estimate of drug-likeness (QED) is 0.790. The van der Waals surface area contributed by atoms with Crippen molar-refractivity contribution < 1.29 is 4.79 Å². The molecule has 2 heterocycles. The van der Waals surface area contributed by atoms with Crippen molar-refractivity contribution in [2.75, 3.05) is 32.7 Å². The third kappa shape index (κ3) is 4.69. The molecule has 0 radical (unpaired) electrons. The van der Waals surface area contributed by atoms with Crippen LogP contribution < -0.4 is 10.6 Å². The van der Waals surface area contributed by atoms with Gasteiger partial charge in [0, 0.05) is 18.5 Å². The van der Waals surface area contributed by atoms with Crippen LogP contribution in [0, 0.1) is 5.92 Å². The second kappa shape index (κ2) is 8.48. The highest BCUT2D eigenvalue weighted by atomic mass is 16.1. The fourth-order valence-electron chi connectivity index (χ4n) is 4.83. The van der Waals surface area contributed by atoms with Crippen LogP contribution in [0.25, 0.3) is 0 Å². The Bertz CT molecular complexity index is 367. The second-order valence-electron chi connectivity index (χ2n) is 8.01. The van der Waals surface area contributed by atoms with E-state index in [2.05, 4.69) is 15.5 Å². The number of amides is 1. The number of piperidine rings is 1. The zero-order valence-electron chi connectivity index (χ0n) is 14.7. The highest BCUT2D eigenvalue weighted by Crippen LogP contribution is 2.35. The first-order valence-electron chi connectivity index (χ1n) is 10.0. The molecule has 1 unspecified atom stereocenters. The molecule has 0 aromatic carbocycles. The summed E-state index contributed by atoms with van der Waals surface area (Å²) in [7, 11) is 0. The maximum absolute atomic E-state index is 12.3. The normalized spacial score (nSPS) is 28.6. The number of likely N-dealkylation sites (tertiary alicyclic amines) is 1. The lowest BCUT2D eigenvalue weighted by molar-refractivity contribution is -0.122. The molecular formula is C19H35N3O. The SMILES string of the molecule is O=C(CCC1CCNC1)NCC1(N2CCCCC2)CCCCC1. The Morgan fingerprint density at radius 1 is 1.09 bits per heavy atom. The van der Waals surface area contributed by atoms with Gasteiger partial charge in [-0.15, -0.1) is 0 Å². The molecule has 0 bridgehead atoms. The van der Waals surface area contributed by atoms with E-state index in [1.165, 1.54) is 70.9 Å². The summed E-state index contributed by atoms with van der Waals surface area (Å²) in [5.41, 5.74) is 0.267. The predicted molar refractivity (Wildman–Crippen MR) is 94.5 cm³/mol. The molecule has 2 N–H and O–H groups in total. The lowest BCUT2D eigenvalue weighted by Gasteiger charge is -2.48. The van der Waals surface area contributed by atoms with Gasteiger partial charge >= 0.3 is 0 Å². The summed E-state index contributed by atoms with van der Waals surface area (Å²) in [5, 5.41) is 6.70. The van der Waals surface area contributed by atoms with Crippen LogP contribution in [0.3, 0.4) is 0 Å². The van der Waals surface area contributed by atoms with E-state index < -0.39 is 0 Å². The van der Waals surface area contributed by atoms with Crippen LogP contribution in [0.4, 0.5) is 0 Å². The highest BCUT2D eigenvalue weighted by Gasteiger charge is 2.38. The van der Waals surface area contributed by atoms with Crippen molar-refractivity contribution in [2.45, 2.75) is 76.2 Å². The molecule has 3 rings (SSSR count). The highest BCUT2D eigenvalue weighted by molar-refractivity contribution is 5.75. The van der Waals surface area contributed by atoms with Crippen molar-refractivity contribution in [1.29, 1.82) is 0 Å². The number of rotatable bonds is 6. The summed E-state index contributed by atoms with van der Waals surface area (Å²) in [6.07, 6.45) is 13.7. The number of hydrogen-bond acceptors (Lipinski definition) is 3. The molecular weight excluding hydrogens is 286 g/mol. The lowest BCUT2D eigenvalue weighted by Crippen LogP contribution is -2.58. The minimum absolute atomic E-state index is 0.267. The van der Waals surface area contributed by atoms with Gasteiger partial charge < -0.3 is 10.6 Å². The second-order valence-corrected chi connectivity index (χ2v) is 8.01. The van der Waals surface area contributed by atoms with Crippen LogP contribution in [0.15, 0.2) is 0 Å². The molecule has 2 saturated heterocycles. The van der Waals surface area contributed by atoms with Gasteiger partial charge in [-0.1, -0.05) is 25.7 Å². The third-order valence-corrected chi connectivity index (χ3v) is 6.37. The molecule has 4 nitrogen and oxygen atoms in total. The minimum atomic E-state index is 0.267. The molecule has 1 atom stereocenters. The number of nitrogens with one attached hydrogen (secondary N) is 2. The lowest BCUT2D eigenvalue weighted by atomic mass is 9.79. The smallest absolute Gasteiger partial charge is 0.220 e. The molecule has 1 amide bonds. The Morgan fingerprint density at radius 3 is 2.52 bits per heavy atom. The fourth-order valence-corrected chi connectivity index (χ4v) is 4.83. The van der Waals surface area contributed by atoms with Gasteiger partial charge in [0.15, 0.2) is 0 Å². The average molecular weight is 322 g/mol. The number of nitrogens with zero attached hydrogens (tertiary/aromatic N) is 1. The van der Waals surface area contributed by atoms with Crippen molar-refractivity contribution >= 4 is 5.91 Å². The first kappa shape index (κ1) is 17.2. The van der Waals surface area contributed by atoms with Crippen LogP contribution in [0.1, 0.15) is 70.6 Å². The molecule has 3 fully saturated rings. The molecule has 0 spiro atoms. The van der Waals surface area contributed by atoms with E-state index >= 15 is 0 Å². The van der Waals surface area contributed by atoms with Gasteiger partial charge in [-0.3, -0.25) is 9.69 Å². The molecule has 1 saturated carbocycles. The van der Waals surface area contributed by atoms with Crippen LogP contribution in [-0.2, 0) is 4.79 Å². The van der Waals surface area contributed by atoms with E-state index in [1.807, 2.05) is 0 Å². The largest absolute Gasteiger partial charge is 0.354 e. The summed E-state index contributed by atoms with van der Waals surface area (Å²) in [6, 6.07) is 0. The van der Waals surface area contributed by atoms with Crippen LogP contribution in [0.2, 0.25) is 0 Å². The van der Waals surface area contributed by atoms with Crippen molar-refractivity contribution in [3.8, 4) is 0 Å². The monoisotopic (exact) mass is 321 g/mol. The number of hydrogen-bond donors (Lipinski definition) is 2. The standard InChI is InChI=1S/C19H35N3O/c23-18(8-7-17-9-12-20-15-17)21-16-19(10-3-1-4-11-19)22-13-5-2-6-14-22/h17,20H,1-16H2,(H,21,23). The maximum atomic E-state index is 12.3. The molecule has 0 aromatic rings. The van der Waals surface area contributed by atoms with E-state index in [4.69, 9.17) is 0 Å². The van der Waals surface area contributed by atoms with Gasteiger partial charge in [0.25, 0.3) is 0 Å². The van der Waals surface area contributed by atoms with Gasteiger partial charge in [-0.25, -0.2) is 0 Å². The summed E-state index contributed by atoms with van der Waals surface area (Å²) >= 11 is 0. The van der Waals surface area contributed by atoms with E-state index in [-0.39, 0.29) is 11.4 Å². The van der Waals surface area contributed by atoms with E-state index in [0.29, 0.717) is 12.3 Å². The van der Waals surface area contributed by atoms with E-state index in [0.717, 1.165) is 26.1 Å². The Balaban J connectivity index is 1.48. The minimum Gasteiger partial charge on any atom is -0.354 e. The van der Waals surface area contributed by atoms with Crippen molar-refractivity contribution in [1.82, 2.24) is 15.5 Å². The van der Waals surface area contributed by atoms with E-state index in [1.54, 1.807) is 0 Å². The zero-order valence-corrected chi connectivity index (χ0v) is 14.7. The van der Waals surface area contributed by atoms with Crippen LogP contribution in [-0.4, -0.2) is 49.1 Å². The molecule has 1 aliphatic carbocycles. The summed E-state index contributed by atoms with van der Waals surface area (Å²) < 4.78 is 0. The first-order valence-corrected chi connectivity index (χ1v) is 10.0. The van der Waals surface area contributed by atoms with Crippen LogP contribution >= 0.6 is 0 Å². The molecule has 23 heavy (non-hydrogen) atoms. The molecule has 2 aliphatic heterocycles. The fraction of sp³-hybridized carbons (Fsp3) is 0.947. The van der Waals surface area contributed by atoms with E-state index in [9.17, 15) is 4.79 Å². The van der Waals surface area contributed by atoms with Crippen molar-refractivity contribution in [3.63, 3.8) is 0 Å². The summed E-state index contributed by atoms with van der Waals surface area (Å²) in [6.45, 7) is 5.59. The topological polar surface area (TPSA) is 44.4 Å². The molecule has 132 valence electrons. The maximum Gasteiger partial charge on any atom is 0.220 e. The van der Waals surface area contributed by atoms with Crippen molar-refractivity contribution in [2.24, 2.45) is 5.92 Å². The summed E-state index contributed by atoms with van der Waals surface area (Å²) in [4.78, 5) is 15.0. The van der Waals surface area contributed by atoms with Gasteiger partial charge in [0.1, 0.15) is 0 Å². The number of carbonyl (C=O) groups excluding carboxylic acids is 1. The van der Waals surface area contributed by atoms with Crippen LogP contribution in [0.5, 0.6) is 0 Å². The Hall–Kier alpha value is -0.610. The van der Waals surface area contributed by atoms with Gasteiger partial charge in [0.2, 0.25) is 5.91 Å². The average Bonchev–Trinajstić information content (AvgIpc) is 3.13. The van der Waals surface area contributed by atoms with Gasteiger partial charge in [-0.2, -0.15) is 0 Å². The summed E-state index contributed by atoms with van der Waals surface area (Å²) in [5.74, 6) is 0.991. The van der Waals surface area contributed by atoms with Gasteiger partial charge in [-0.05, 0) is 70.6 Å². The predicted octanol–water partition coefficient (Wildman–Crippen LogP) is 2.68. The Morgan fingerprint density at radius 2 is 1.83 bits per heavy atom. The third-order valence-electron chi connectivity index (χ3n) is 6.37.